The van der Waals surface area contributed by atoms with Crippen molar-refractivity contribution in [3.8, 4) is 5.88 Å². The lowest BCUT2D eigenvalue weighted by Crippen LogP contribution is -2.08. The molecule has 3 heterocycles. The van der Waals surface area contributed by atoms with Crippen LogP contribution in [0.5, 0.6) is 5.88 Å². The minimum absolute atomic E-state index is 0.458. The molecule has 0 aromatic carbocycles. The van der Waals surface area contributed by atoms with Crippen LogP contribution < -0.4 is 10.5 Å². The number of nitrogens with zero attached hydrogens (tertiary/aromatic N) is 6. The monoisotopic (exact) mass is 273 g/mol. The van der Waals surface area contributed by atoms with E-state index < -0.39 is 0 Å². The maximum atomic E-state index is 5.94. The Bertz CT molecular complexity index is 704. The largest absolute Gasteiger partial charge is 0.481 e. The van der Waals surface area contributed by atoms with Crippen LogP contribution >= 0.6 is 0 Å². The highest BCUT2D eigenvalue weighted by atomic mass is 16.5. The number of methoxy groups -OCH3 is 1. The molecule has 0 radical (unpaired) electrons. The Morgan fingerprint density at radius 2 is 2.15 bits per heavy atom. The smallest absolute Gasteiger partial charge is 0.215 e. The molecule has 0 aliphatic heterocycles. The van der Waals surface area contributed by atoms with Crippen molar-refractivity contribution in [2.45, 2.75) is 19.5 Å². The summed E-state index contributed by atoms with van der Waals surface area (Å²) < 4.78 is 8.80. The molecule has 0 atom stereocenters. The predicted molar refractivity (Wildman–Crippen MR) is 73.1 cm³/mol. The molecule has 3 aromatic heterocycles. The molecule has 104 valence electrons. The highest BCUT2D eigenvalue weighted by molar-refractivity contribution is 5.74. The van der Waals surface area contributed by atoms with E-state index in [-0.39, 0.29) is 0 Å². The van der Waals surface area contributed by atoms with Gasteiger partial charge in [-0.05, 0) is 12.5 Å². The molecule has 0 aliphatic rings. The highest BCUT2D eigenvalue weighted by Crippen LogP contribution is 2.19. The molecular formula is C12H15N7O. The Morgan fingerprint density at radius 1 is 1.25 bits per heavy atom. The number of ether oxygens (including phenoxy) is 1. The second kappa shape index (κ2) is 5.16. The fraction of sp³-hybridized carbons (Fsp3) is 0.333. The van der Waals surface area contributed by atoms with Gasteiger partial charge < -0.3 is 10.5 Å². The molecule has 0 saturated carbocycles. The standard InChI is InChI=1S/C12H15N7O/c1-20-10-4-3-9-11(16-10)19(12(13)15-9)7-2-6-18-8-5-14-17-18/h3-5,8H,2,6-7H2,1H3,(H2,13,15). The van der Waals surface area contributed by atoms with Gasteiger partial charge in [0.25, 0.3) is 0 Å². The summed E-state index contributed by atoms with van der Waals surface area (Å²) in [5, 5.41) is 7.69. The van der Waals surface area contributed by atoms with Crippen molar-refractivity contribution >= 4 is 17.1 Å². The first kappa shape index (κ1) is 12.4. The Balaban J connectivity index is 1.80. The molecule has 8 nitrogen and oxygen atoms in total. The van der Waals surface area contributed by atoms with Crippen LogP contribution in [0.3, 0.4) is 0 Å². The highest BCUT2D eigenvalue weighted by Gasteiger charge is 2.10. The van der Waals surface area contributed by atoms with Crippen LogP contribution in [0.15, 0.2) is 24.5 Å². The second-order valence-corrected chi connectivity index (χ2v) is 4.34. The van der Waals surface area contributed by atoms with Crippen molar-refractivity contribution in [3.05, 3.63) is 24.5 Å². The van der Waals surface area contributed by atoms with Crippen molar-refractivity contribution in [3.63, 3.8) is 0 Å². The lowest BCUT2D eigenvalue weighted by atomic mass is 10.4. The van der Waals surface area contributed by atoms with Gasteiger partial charge in [0.05, 0.1) is 13.3 Å². The van der Waals surface area contributed by atoms with Crippen molar-refractivity contribution in [2.75, 3.05) is 12.8 Å². The van der Waals surface area contributed by atoms with Crippen LogP contribution in [0, 0.1) is 0 Å². The summed E-state index contributed by atoms with van der Waals surface area (Å²) in [6.45, 7) is 1.48. The number of rotatable bonds is 5. The summed E-state index contributed by atoms with van der Waals surface area (Å²) >= 11 is 0. The Kier molecular flexibility index (Phi) is 3.20. The summed E-state index contributed by atoms with van der Waals surface area (Å²) in [6.07, 6.45) is 4.35. The zero-order chi connectivity index (χ0) is 13.9. The topological polar surface area (TPSA) is 96.7 Å². The first-order valence-corrected chi connectivity index (χ1v) is 6.29. The molecule has 2 N–H and O–H groups in total. The number of hydrogen-bond acceptors (Lipinski definition) is 6. The molecule has 0 fully saturated rings. The predicted octanol–water partition coefficient (Wildman–Crippen LogP) is 0.704. The van der Waals surface area contributed by atoms with Crippen LogP contribution in [0.1, 0.15) is 6.42 Å². The van der Waals surface area contributed by atoms with Crippen LogP contribution in [-0.2, 0) is 13.1 Å². The molecule has 3 rings (SSSR count). The summed E-state index contributed by atoms with van der Waals surface area (Å²) in [6, 6.07) is 3.62. The molecule has 8 heteroatoms. The summed E-state index contributed by atoms with van der Waals surface area (Å²) in [7, 11) is 1.59. The van der Waals surface area contributed by atoms with E-state index >= 15 is 0 Å². The van der Waals surface area contributed by atoms with Crippen molar-refractivity contribution in [1.29, 1.82) is 0 Å². The van der Waals surface area contributed by atoms with Gasteiger partial charge in [0.1, 0.15) is 5.52 Å². The summed E-state index contributed by atoms with van der Waals surface area (Å²) in [5.41, 5.74) is 7.44. The molecule has 0 aliphatic carbocycles. The number of aromatic nitrogens is 6. The van der Waals surface area contributed by atoms with Crippen molar-refractivity contribution < 1.29 is 4.74 Å². The number of nitrogen functional groups attached to an aromatic ring is 1. The zero-order valence-corrected chi connectivity index (χ0v) is 11.1. The number of anilines is 1. The fourth-order valence-electron chi connectivity index (χ4n) is 2.08. The summed E-state index contributed by atoms with van der Waals surface area (Å²) in [4.78, 5) is 8.69. The van der Waals surface area contributed by atoms with E-state index in [1.54, 1.807) is 24.1 Å². The van der Waals surface area contributed by atoms with E-state index in [0.717, 1.165) is 24.1 Å². The van der Waals surface area contributed by atoms with Crippen molar-refractivity contribution in [2.24, 2.45) is 0 Å². The minimum Gasteiger partial charge on any atom is -0.481 e. The van der Waals surface area contributed by atoms with Gasteiger partial charge in [0.2, 0.25) is 11.8 Å². The van der Waals surface area contributed by atoms with E-state index in [0.29, 0.717) is 18.4 Å². The number of pyridine rings is 1. The zero-order valence-electron chi connectivity index (χ0n) is 11.1. The van der Waals surface area contributed by atoms with Crippen LogP contribution in [0.4, 0.5) is 5.95 Å². The first-order chi connectivity index (χ1) is 9.78. The maximum absolute atomic E-state index is 5.94. The SMILES string of the molecule is COc1ccc2nc(N)n(CCCn3ccnn3)c2n1. The normalized spacial score (nSPS) is 11.1. The Morgan fingerprint density at radius 3 is 2.90 bits per heavy atom. The number of hydrogen-bond donors (Lipinski definition) is 1. The molecule has 0 spiro atoms. The average molecular weight is 273 g/mol. The van der Waals surface area contributed by atoms with E-state index in [1.165, 1.54) is 0 Å². The Labute approximate surface area is 115 Å². The minimum atomic E-state index is 0.458. The third-order valence-corrected chi connectivity index (χ3v) is 3.05. The Hall–Kier alpha value is -2.64. The van der Waals surface area contributed by atoms with Crippen LogP contribution in [0.2, 0.25) is 0 Å². The summed E-state index contributed by atoms with van der Waals surface area (Å²) in [5.74, 6) is 1.01. The molecule has 3 aromatic rings. The molecule has 0 amide bonds. The van der Waals surface area contributed by atoms with Gasteiger partial charge in [0.15, 0.2) is 5.65 Å². The molecular weight excluding hydrogens is 258 g/mol. The van der Waals surface area contributed by atoms with Gasteiger partial charge in [0, 0.05) is 25.4 Å². The van der Waals surface area contributed by atoms with Crippen LogP contribution in [0.25, 0.3) is 11.2 Å². The van der Waals surface area contributed by atoms with Gasteiger partial charge in [-0.25, -0.2) is 4.98 Å². The maximum Gasteiger partial charge on any atom is 0.215 e. The van der Waals surface area contributed by atoms with Gasteiger partial charge in [-0.2, -0.15) is 4.98 Å². The lowest BCUT2D eigenvalue weighted by molar-refractivity contribution is 0.398. The molecule has 0 unspecified atom stereocenters. The van der Waals surface area contributed by atoms with Gasteiger partial charge >= 0.3 is 0 Å². The second-order valence-electron chi connectivity index (χ2n) is 4.34. The van der Waals surface area contributed by atoms with Crippen molar-refractivity contribution in [1.82, 2.24) is 29.5 Å². The molecule has 20 heavy (non-hydrogen) atoms. The fourth-order valence-corrected chi connectivity index (χ4v) is 2.08. The van der Waals surface area contributed by atoms with Gasteiger partial charge in [-0.3, -0.25) is 9.25 Å². The van der Waals surface area contributed by atoms with E-state index in [4.69, 9.17) is 10.5 Å². The number of fused-ring (bicyclic) bond motifs is 1. The average Bonchev–Trinajstić information content (AvgIpc) is 3.07. The molecule has 0 bridgehead atoms. The molecule has 0 saturated heterocycles. The number of aryl methyl sites for hydroxylation is 2. The first-order valence-electron chi connectivity index (χ1n) is 6.29. The van der Waals surface area contributed by atoms with Gasteiger partial charge in [-0.15, -0.1) is 5.10 Å². The van der Waals surface area contributed by atoms with Gasteiger partial charge in [-0.1, -0.05) is 5.21 Å². The van der Waals surface area contributed by atoms with E-state index in [9.17, 15) is 0 Å². The number of nitrogens with two attached hydrogens (primary N) is 1. The number of imidazole rings is 1. The quantitative estimate of drug-likeness (QED) is 0.735. The van der Waals surface area contributed by atoms with E-state index in [2.05, 4.69) is 20.3 Å². The third kappa shape index (κ3) is 2.27. The van der Waals surface area contributed by atoms with Crippen LogP contribution in [-0.4, -0.2) is 36.6 Å². The lowest BCUT2D eigenvalue weighted by Gasteiger charge is -2.06. The third-order valence-electron chi connectivity index (χ3n) is 3.05. The van der Waals surface area contributed by atoms with E-state index in [1.807, 2.05) is 16.8 Å².